The molecule has 0 atom stereocenters. The van der Waals surface area contributed by atoms with E-state index in [1.54, 1.807) is 0 Å². The van der Waals surface area contributed by atoms with Crippen molar-refractivity contribution in [1.29, 1.82) is 0 Å². The molecule has 1 spiro atoms. The first kappa shape index (κ1) is 30.7. The number of aromatic nitrogens is 4. The number of benzene rings is 8. The largest absolute Gasteiger partial charge is 0.456 e. The summed E-state index contributed by atoms with van der Waals surface area (Å²) in [5, 5.41) is 7.27. The fourth-order valence-electron chi connectivity index (χ4n) is 9.93. The predicted octanol–water partition coefficient (Wildman–Crippen LogP) is 12.5. The van der Waals surface area contributed by atoms with Crippen LogP contribution >= 0.6 is 0 Å². The quantitative estimate of drug-likeness (QED) is 0.182. The standard InChI is InChI=1S/C52H30N4O/c1-5-20-40-34(15-1)35-16-2-6-21-41(35)52(40)42-22-7-3-17-36(42)37-28-27-32(30-43(37)52)31-13-11-14-33(29-31)50-54-51-49(53-44-23-8-9-24-45(44)56(51)55-50)39-19-12-26-47-48(39)38-18-4-10-25-46(38)57-47/h1-30H. The van der Waals surface area contributed by atoms with Crippen molar-refractivity contribution >= 4 is 38.6 Å². The van der Waals surface area contributed by atoms with E-state index in [1.165, 1.54) is 44.5 Å². The van der Waals surface area contributed by atoms with Gasteiger partial charge in [0.25, 0.3) is 0 Å². The number of fused-ring (bicyclic) bond motifs is 16. The summed E-state index contributed by atoms with van der Waals surface area (Å²) in [4.78, 5) is 10.5. The highest BCUT2D eigenvalue weighted by molar-refractivity contribution is 6.13. The molecule has 8 aromatic carbocycles. The highest BCUT2D eigenvalue weighted by Gasteiger charge is 2.51. The molecule has 2 aliphatic rings. The molecule has 11 aromatic rings. The van der Waals surface area contributed by atoms with Crippen molar-refractivity contribution in [3.8, 4) is 56.0 Å². The molecule has 0 saturated heterocycles. The van der Waals surface area contributed by atoms with E-state index in [4.69, 9.17) is 19.5 Å². The Morgan fingerprint density at radius 2 is 1.04 bits per heavy atom. The van der Waals surface area contributed by atoms with Gasteiger partial charge in [0.2, 0.25) is 0 Å². The summed E-state index contributed by atoms with van der Waals surface area (Å²) in [6.07, 6.45) is 0. The second-order valence-corrected chi connectivity index (χ2v) is 15.1. The van der Waals surface area contributed by atoms with Crippen LogP contribution in [0, 0.1) is 0 Å². The number of rotatable bonds is 3. The van der Waals surface area contributed by atoms with Gasteiger partial charge in [-0.3, -0.25) is 0 Å². The van der Waals surface area contributed by atoms with E-state index in [1.807, 2.05) is 53.0 Å². The number of para-hydroxylation sites is 3. The maximum atomic E-state index is 6.28. The number of hydrogen-bond acceptors (Lipinski definition) is 4. The number of hydrogen-bond donors (Lipinski definition) is 0. The van der Waals surface area contributed by atoms with E-state index in [2.05, 4.69) is 133 Å². The molecular formula is C52H30N4O. The Morgan fingerprint density at radius 3 is 1.82 bits per heavy atom. The highest BCUT2D eigenvalue weighted by atomic mass is 16.3. The molecule has 0 amide bonds. The average Bonchev–Trinajstić information content (AvgIpc) is 4.04. The summed E-state index contributed by atoms with van der Waals surface area (Å²) in [5.74, 6) is 0.643. The van der Waals surface area contributed by atoms with E-state index >= 15 is 0 Å². The normalized spacial score (nSPS) is 13.4. The highest BCUT2D eigenvalue weighted by Crippen LogP contribution is 2.63. The third-order valence-corrected chi connectivity index (χ3v) is 12.3. The Morgan fingerprint density at radius 1 is 0.439 bits per heavy atom. The first-order chi connectivity index (χ1) is 28.3. The van der Waals surface area contributed by atoms with E-state index in [0.29, 0.717) is 11.5 Å². The lowest BCUT2D eigenvalue weighted by Gasteiger charge is -2.30. The zero-order chi connectivity index (χ0) is 37.2. The summed E-state index contributed by atoms with van der Waals surface area (Å²) in [5.41, 5.74) is 19.2. The van der Waals surface area contributed by atoms with Crippen molar-refractivity contribution in [1.82, 2.24) is 19.6 Å². The molecule has 0 N–H and O–H groups in total. The molecule has 0 bridgehead atoms. The zero-order valence-electron chi connectivity index (χ0n) is 30.5. The van der Waals surface area contributed by atoms with Crippen LogP contribution in [0.25, 0.3) is 94.6 Å². The predicted molar refractivity (Wildman–Crippen MR) is 228 cm³/mol. The fourth-order valence-corrected chi connectivity index (χ4v) is 9.93. The lowest BCUT2D eigenvalue weighted by molar-refractivity contribution is 0.669. The lowest BCUT2D eigenvalue weighted by Crippen LogP contribution is -2.25. The molecule has 0 radical (unpaired) electrons. The summed E-state index contributed by atoms with van der Waals surface area (Å²) < 4.78 is 8.24. The lowest BCUT2D eigenvalue weighted by atomic mass is 9.70. The minimum atomic E-state index is -0.399. The summed E-state index contributed by atoms with van der Waals surface area (Å²) in [6.45, 7) is 0. The Bertz CT molecular complexity index is 3440. The van der Waals surface area contributed by atoms with Crippen LogP contribution in [0.2, 0.25) is 0 Å². The van der Waals surface area contributed by atoms with Gasteiger partial charge in [0, 0.05) is 21.9 Å². The number of nitrogens with zero attached hydrogens (tertiary/aromatic N) is 4. The van der Waals surface area contributed by atoms with Crippen molar-refractivity contribution in [3.63, 3.8) is 0 Å². The fraction of sp³-hybridized carbons (Fsp3) is 0.0192. The van der Waals surface area contributed by atoms with E-state index in [0.717, 1.165) is 60.9 Å². The molecule has 13 rings (SSSR count). The molecule has 0 unspecified atom stereocenters. The van der Waals surface area contributed by atoms with Gasteiger partial charge in [-0.05, 0) is 92.0 Å². The van der Waals surface area contributed by atoms with Crippen molar-refractivity contribution in [2.45, 2.75) is 5.41 Å². The van der Waals surface area contributed by atoms with E-state index in [-0.39, 0.29) is 0 Å². The first-order valence-corrected chi connectivity index (χ1v) is 19.4. The SMILES string of the molecule is c1cc(-c2ccc3c(c2)C2(c4ccccc4-c4ccccc42)c2ccccc2-3)cc(-c2nc3c(-c4cccc5oc6ccccc6c45)nc4ccccc4n3n2)c1. The Labute approximate surface area is 327 Å². The summed E-state index contributed by atoms with van der Waals surface area (Å²) >= 11 is 0. The Balaban J connectivity index is 0.998. The first-order valence-electron chi connectivity index (χ1n) is 19.4. The molecule has 5 heteroatoms. The topological polar surface area (TPSA) is 56.2 Å². The molecule has 0 fully saturated rings. The molecular weight excluding hydrogens is 697 g/mol. The van der Waals surface area contributed by atoms with E-state index in [9.17, 15) is 0 Å². The summed E-state index contributed by atoms with van der Waals surface area (Å²) in [6, 6.07) is 64.9. The van der Waals surface area contributed by atoms with E-state index < -0.39 is 5.41 Å². The maximum absolute atomic E-state index is 6.28. The van der Waals surface area contributed by atoms with Crippen molar-refractivity contribution < 1.29 is 4.42 Å². The Kier molecular flexibility index (Phi) is 6.04. The minimum Gasteiger partial charge on any atom is -0.456 e. The second kappa shape index (κ2) is 11.2. The van der Waals surface area contributed by atoms with Gasteiger partial charge in [0.15, 0.2) is 11.5 Å². The van der Waals surface area contributed by atoms with Crippen LogP contribution in [0.4, 0.5) is 0 Å². The molecule has 0 aliphatic heterocycles. The second-order valence-electron chi connectivity index (χ2n) is 15.1. The van der Waals surface area contributed by atoms with Crippen molar-refractivity contribution in [2.75, 3.05) is 0 Å². The average molecular weight is 727 g/mol. The van der Waals surface area contributed by atoms with Crippen LogP contribution < -0.4 is 0 Å². The van der Waals surface area contributed by atoms with Gasteiger partial charge in [-0.25, -0.2) is 14.5 Å². The van der Waals surface area contributed by atoms with Crippen molar-refractivity contribution in [2.24, 2.45) is 0 Å². The molecule has 0 saturated carbocycles. The third-order valence-electron chi connectivity index (χ3n) is 12.3. The monoisotopic (exact) mass is 726 g/mol. The van der Waals surface area contributed by atoms with Gasteiger partial charge in [-0.2, -0.15) is 0 Å². The van der Waals surface area contributed by atoms with Gasteiger partial charge >= 0.3 is 0 Å². The molecule has 5 nitrogen and oxygen atoms in total. The summed E-state index contributed by atoms with van der Waals surface area (Å²) in [7, 11) is 0. The third kappa shape index (κ3) is 4.04. The minimum absolute atomic E-state index is 0.399. The van der Waals surface area contributed by atoms with Crippen LogP contribution in [0.3, 0.4) is 0 Å². The number of furan rings is 1. The van der Waals surface area contributed by atoms with Crippen LogP contribution in [0.15, 0.2) is 186 Å². The molecule has 264 valence electrons. The van der Waals surface area contributed by atoms with Gasteiger partial charge in [-0.1, -0.05) is 146 Å². The maximum Gasteiger partial charge on any atom is 0.182 e. The van der Waals surface area contributed by atoms with Gasteiger partial charge in [0.05, 0.1) is 16.4 Å². The molecule has 57 heavy (non-hydrogen) atoms. The molecule has 3 aromatic heterocycles. The van der Waals surface area contributed by atoms with Gasteiger partial charge in [-0.15, -0.1) is 5.10 Å². The molecule has 3 heterocycles. The van der Waals surface area contributed by atoms with Crippen molar-refractivity contribution in [3.05, 3.63) is 204 Å². The van der Waals surface area contributed by atoms with Gasteiger partial charge in [0.1, 0.15) is 16.9 Å². The zero-order valence-corrected chi connectivity index (χ0v) is 30.5. The molecule has 2 aliphatic carbocycles. The van der Waals surface area contributed by atoms with Crippen LogP contribution in [0.1, 0.15) is 22.3 Å². The van der Waals surface area contributed by atoms with Crippen LogP contribution in [-0.2, 0) is 5.41 Å². The Hall–Kier alpha value is -7.63. The smallest absolute Gasteiger partial charge is 0.182 e. The van der Waals surface area contributed by atoms with Crippen LogP contribution in [0.5, 0.6) is 0 Å². The van der Waals surface area contributed by atoms with Crippen LogP contribution in [-0.4, -0.2) is 19.6 Å². The van der Waals surface area contributed by atoms with Gasteiger partial charge < -0.3 is 4.42 Å².